The highest BCUT2D eigenvalue weighted by Gasteiger charge is 2.33. The van der Waals surface area contributed by atoms with Crippen molar-refractivity contribution < 1.29 is 19.2 Å². The van der Waals surface area contributed by atoms with E-state index in [9.17, 15) is 19.2 Å². The lowest BCUT2D eigenvalue weighted by molar-refractivity contribution is -0.130. The largest absolute Gasteiger partial charge is 0.349 e. The molecule has 1 aliphatic rings. The van der Waals surface area contributed by atoms with Gasteiger partial charge in [0.15, 0.2) is 0 Å². The van der Waals surface area contributed by atoms with Crippen LogP contribution in [0.3, 0.4) is 0 Å². The first-order valence-electron chi connectivity index (χ1n) is 13.1. The SMILES string of the molecule is CC(C)C(=O)NC(CC(=O)N[C@@H](C)C(=O)NN1C(=O)C(C)c2ccccc2-c2ccccc21)c1ccccc1. The van der Waals surface area contributed by atoms with E-state index in [1.807, 2.05) is 79.7 Å². The second-order valence-corrected chi connectivity index (χ2v) is 10.1. The van der Waals surface area contributed by atoms with Crippen LogP contribution >= 0.6 is 0 Å². The molecule has 3 atom stereocenters. The monoisotopic (exact) mass is 526 g/mol. The number of carbonyl (C=O) groups excluding carboxylic acids is 4. The predicted molar refractivity (Wildman–Crippen MR) is 150 cm³/mol. The van der Waals surface area contributed by atoms with Gasteiger partial charge in [-0.25, -0.2) is 5.01 Å². The average molecular weight is 527 g/mol. The van der Waals surface area contributed by atoms with Crippen LogP contribution in [-0.4, -0.2) is 29.7 Å². The molecule has 3 N–H and O–H groups in total. The lowest BCUT2D eigenvalue weighted by atomic mass is 9.92. The van der Waals surface area contributed by atoms with Gasteiger partial charge in [0, 0.05) is 11.5 Å². The predicted octanol–water partition coefficient (Wildman–Crippen LogP) is 4.24. The first-order valence-corrected chi connectivity index (χ1v) is 13.1. The summed E-state index contributed by atoms with van der Waals surface area (Å²) in [6.07, 6.45) is -0.0437. The number of amides is 4. The summed E-state index contributed by atoms with van der Waals surface area (Å²) in [4.78, 5) is 52.1. The number of anilines is 1. The number of nitrogens with one attached hydrogen (secondary N) is 3. The van der Waals surface area contributed by atoms with E-state index in [1.165, 1.54) is 5.01 Å². The van der Waals surface area contributed by atoms with Gasteiger partial charge in [0.25, 0.3) is 11.8 Å². The van der Waals surface area contributed by atoms with Crippen LogP contribution in [0.5, 0.6) is 0 Å². The van der Waals surface area contributed by atoms with Crippen molar-refractivity contribution in [1.82, 2.24) is 16.1 Å². The maximum Gasteiger partial charge on any atom is 0.261 e. The van der Waals surface area contributed by atoms with Gasteiger partial charge in [0.1, 0.15) is 6.04 Å². The lowest BCUT2D eigenvalue weighted by Crippen LogP contribution is -2.54. The summed E-state index contributed by atoms with van der Waals surface area (Å²) in [5.41, 5.74) is 6.72. The van der Waals surface area contributed by atoms with E-state index in [1.54, 1.807) is 26.8 Å². The Morgan fingerprint density at radius 1 is 0.795 bits per heavy atom. The summed E-state index contributed by atoms with van der Waals surface area (Å²) in [6.45, 7) is 6.94. The van der Waals surface area contributed by atoms with Gasteiger partial charge in [-0.05, 0) is 36.6 Å². The van der Waals surface area contributed by atoms with Gasteiger partial charge in [0.05, 0.1) is 24.1 Å². The van der Waals surface area contributed by atoms with Gasteiger partial charge in [-0.15, -0.1) is 0 Å². The normalized spacial score (nSPS) is 15.9. The quantitative estimate of drug-likeness (QED) is 0.408. The highest BCUT2D eigenvalue weighted by Crippen LogP contribution is 2.39. The number of nitrogens with zero attached hydrogens (tertiary/aromatic N) is 1. The molecule has 4 amide bonds. The molecule has 202 valence electrons. The van der Waals surface area contributed by atoms with E-state index in [0.29, 0.717) is 5.69 Å². The molecule has 1 aliphatic heterocycles. The van der Waals surface area contributed by atoms with Gasteiger partial charge in [0.2, 0.25) is 11.8 Å². The van der Waals surface area contributed by atoms with Crippen LogP contribution in [0.15, 0.2) is 78.9 Å². The number of para-hydroxylation sites is 1. The van der Waals surface area contributed by atoms with Crippen molar-refractivity contribution in [1.29, 1.82) is 0 Å². The van der Waals surface area contributed by atoms with E-state index in [4.69, 9.17) is 0 Å². The Morgan fingerprint density at radius 2 is 1.41 bits per heavy atom. The van der Waals surface area contributed by atoms with Crippen LogP contribution in [0.4, 0.5) is 5.69 Å². The Hall–Kier alpha value is -4.46. The Labute approximate surface area is 228 Å². The molecule has 8 heteroatoms. The average Bonchev–Trinajstić information content (AvgIpc) is 3.02. The molecule has 3 aromatic rings. The number of carbonyl (C=O) groups is 4. The van der Waals surface area contributed by atoms with Crippen LogP contribution < -0.4 is 21.1 Å². The van der Waals surface area contributed by atoms with Crippen molar-refractivity contribution in [2.75, 3.05) is 5.01 Å². The van der Waals surface area contributed by atoms with Crippen molar-refractivity contribution in [2.45, 2.75) is 52.1 Å². The summed E-state index contributed by atoms with van der Waals surface area (Å²) < 4.78 is 0. The first kappa shape index (κ1) is 27.6. The first-order chi connectivity index (χ1) is 18.7. The highest BCUT2D eigenvalue weighted by molar-refractivity contribution is 6.06. The second kappa shape index (κ2) is 11.9. The van der Waals surface area contributed by atoms with E-state index in [0.717, 1.165) is 22.3 Å². The van der Waals surface area contributed by atoms with Crippen molar-refractivity contribution in [3.8, 4) is 11.1 Å². The molecule has 8 nitrogen and oxygen atoms in total. The highest BCUT2D eigenvalue weighted by atomic mass is 16.2. The Kier molecular flexibility index (Phi) is 8.44. The molecule has 1 heterocycles. The van der Waals surface area contributed by atoms with Gasteiger partial charge in [-0.3, -0.25) is 24.6 Å². The zero-order chi connectivity index (χ0) is 28.1. The van der Waals surface area contributed by atoms with Gasteiger partial charge in [-0.2, -0.15) is 0 Å². The maximum atomic E-state index is 13.5. The molecule has 0 saturated heterocycles. The maximum absolute atomic E-state index is 13.5. The van der Waals surface area contributed by atoms with Crippen molar-refractivity contribution in [2.24, 2.45) is 5.92 Å². The van der Waals surface area contributed by atoms with Crippen LogP contribution in [0, 0.1) is 5.92 Å². The molecule has 0 bridgehead atoms. The standard InChI is InChI=1S/C31H34N4O4/c1-19(2)29(37)33-26(22-12-6-5-7-13-22)18-28(36)32-21(4)30(38)34-35-27-17-11-10-16-25(27)24-15-9-8-14-23(24)20(3)31(35)39/h5-17,19-21,26H,18H2,1-4H3,(H,32,36)(H,33,37)(H,34,38)/t20?,21-,26?/m0/s1. The third-order valence-electron chi connectivity index (χ3n) is 6.88. The number of fused-ring (bicyclic) bond motifs is 3. The molecule has 0 saturated carbocycles. The molecular formula is C31H34N4O4. The summed E-state index contributed by atoms with van der Waals surface area (Å²) in [7, 11) is 0. The lowest BCUT2D eigenvalue weighted by Gasteiger charge is -2.27. The zero-order valence-electron chi connectivity index (χ0n) is 22.6. The van der Waals surface area contributed by atoms with E-state index in [2.05, 4.69) is 16.1 Å². The summed E-state index contributed by atoms with van der Waals surface area (Å²) in [5, 5.41) is 6.91. The minimum Gasteiger partial charge on any atom is -0.349 e. The van der Waals surface area contributed by atoms with Crippen LogP contribution in [0.1, 0.15) is 57.2 Å². The molecule has 4 rings (SSSR count). The number of rotatable bonds is 8. The topological polar surface area (TPSA) is 108 Å². The fourth-order valence-electron chi connectivity index (χ4n) is 4.61. The minimum absolute atomic E-state index is 0.0437. The minimum atomic E-state index is -0.935. The number of hydrogen-bond donors (Lipinski definition) is 3. The molecule has 39 heavy (non-hydrogen) atoms. The molecule has 2 unspecified atom stereocenters. The summed E-state index contributed by atoms with van der Waals surface area (Å²) >= 11 is 0. The summed E-state index contributed by atoms with van der Waals surface area (Å²) in [5.74, 6) is -2.12. The summed E-state index contributed by atoms with van der Waals surface area (Å²) in [6, 6.07) is 22.8. The van der Waals surface area contributed by atoms with Gasteiger partial charge >= 0.3 is 0 Å². The molecule has 0 aliphatic carbocycles. The number of hydrazine groups is 1. The molecule has 0 radical (unpaired) electrons. The fourth-order valence-corrected chi connectivity index (χ4v) is 4.61. The van der Waals surface area contributed by atoms with Crippen LogP contribution in [0.25, 0.3) is 11.1 Å². The third kappa shape index (κ3) is 6.17. The Balaban J connectivity index is 1.48. The van der Waals surface area contributed by atoms with Crippen molar-refractivity contribution in [3.63, 3.8) is 0 Å². The molecular weight excluding hydrogens is 492 g/mol. The molecule has 0 aromatic heterocycles. The van der Waals surface area contributed by atoms with E-state index >= 15 is 0 Å². The van der Waals surface area contributed by atoms with E-state index < -0.39 is 29.8 Å². The zero-order valence-corrected chi connectivity index (χ0v) is 22.6. The molecule has 0 spiro atoms. The fraction of sp³-hybridized carbons (Fsp3) is 0.290. The number of hydrogen-bond acceptors (Lipinski definition) is 4. The Morgan fingerprint density at radius 3 is 2.10 bits per heavy atom. The van der Waals surface area contributed by atoms with Crippen molar-refractivity contribution in [3.05, 3.63) is 90.0 Å². The van der Waals surface area contributed by atoms with E-state index in [-0.39, 0.29) is 24.2 Å². The second-order valence-electron chi connectivity index (χ2n) is 10.1. The smallest absolute Gasteiger partial charge is 0.261 e. The molecule has 0 fully saturated rings. The van der Waals surface area contributed by atoms with Crippen LogP contribution in [0.2, 0.25) is 0 Å². The van der Waals surface area contributed by atoms with Gasteiger partial charge < -0.3 is 10.6 Å². The Bertz CT molecular complexity index is 1370. The third-order valence-corrected chi connectivity index (χ3v) is 6.88. The van der Waals surface area contributed by atoms with Crippen LogP contribution in [-0.2, 0) is 19.2 Å². The number of benzene rings is 3. The van der Waals surface area contributed by atoms with Gasteiger partial charge in [-0.1, -0.05) is 86.6 Å². The molecule has 3 aromatic carbocycles. The van der Waals surface area contributed by atoms with Crippen molar-refractivity contribution >= 4 is 29.3 Å².